The number of alkyl halides is 3. The second-order valence-electron chi connectivity index (χ2n) is 7.32. The molecule has 1 aromatic rings. The lowest BCUT2D eigenvalue weighted by Gasteiger charge is -2.32. The standard InChI is InChI=1S/C17H23BF3NO3/c1-15(2)16(3,4)25-18(24-15)12-8-9-13(17(19,20)21)11(10-12)6-5-7-14(22)23/h8-10H,5-7H2,1-4H3,(H2,22,23). The zero-order valence-electron chi connectivity index (χ0n) is 14.9. The van der Waals surface area contributed by atoms with Crippen LogP contribution in [0.3, 0.4) is 0 Å². The number of hydrogen-bond acceptors (Lipinski definition) is 3. The van der Waals surface area contributed by atoms with Gasteiger partial charge in [0.2, 0.25) is 5.91 Å². The summed E-state index contributed by atoms with van der Waals surface area (Å²) < 4.78 is 51.5. The Morgan fingerprint density at radius 2 is 1.72 bits per heavy atom. The van der Waals surface area contributed by atoms with Crippen LogP contribution < -0.4 is 11.2 Å². The summed E-state index contributed by atoms with van der Waals surface area (Å²) in [5.41, 5.74) is 3.84. The van der Waals surface area contributed by atoms with Crippen LogP contribution in [0.15, 0.2) is 18.2 Å². The van der Waals surface area contributed by atoms with E-state index in [-0.39, 0.29) is 24.8 Å². The van der Waals surface area contributed by atoms with Crippen LogP contribution in [0.25, 0.3) is 0 Å². The fraction of sp³-hybridized carbons (Fsp3) is 0.588. The lowest BCUT2D eigenvalue weighted by molar-refractivity contribution is -0.138. The van der Waals surface area contributed by atoms with Crippen molar-refractivity contribution in [2.75, 3.05) is 0 Å². The average Bonchev–Trinajstić information content (AvgIpc) is 2.66. The Morgan fingerprint density at radius 1 is 1.16 bits per heavy atom. The number of benzene rings is 1. The third-order valence-corrected chi connectivity index (χ3v) is 4.83. The van der Waals surface area contributed by atoms with Gasteiger partial charge in [0.15, 0.2) is 0 Å². The van der Waals surface area contributed by atoms with E-state index in [1.165, 1.54) is 12.1 Å². The quantitative estimate of drug-likeness (QED) is 0.825. The molecule has 0 aromatic heterocycles. The van der Waals surface area contributed by atoms with E-state index < -0.39 is 36.0 Å². The highest BCUT2D eigenvalue weighted by Crippen LogP contribution is 2.37. The van der Waals surface area contributed by atoms with Gasteiger partial charge in [0.1, 0.15) is 0 Å². The van der Waals surface area contributed by atoms with Crippen LogP contribution in [0.2, 0.25) is 0 Å². The summed E-state index contributed by atoms with van der Waals surface area (Å²) in [5.74, 6) is -0.532. The first-order valence-corrected chi connectivity index (χ1v) is 8.17. The smallest absolute Gasteiger partial charge is 0.399 e. The Hall–Kier alpha value is -1.54. The molecule has 0 spiro atoms. The average molecular weight is 357 g/mol. The Balaban J connectivity index is 2.31. The third kappa shape index (κ3) is 4.36. The van der Waals surface area contributed by atoms with Crippen molar-refractivity contribution in [3.8, 4) is 0 Å². The van der Waals surface area contributed by atoms with Gasteiger partial charge >= 0.3 is 13.3 Å². The molecule has 0 bridgehead atoms. The molecular weight excluding hydrogens is 334 g/mol. The number of hydrogen-bond donors (Lipinski definition) is 1. The van der Waals surface area contributed by atoms with Crippen molar-refractivity contribution in [1.82, 2.24) is 0 Å². The van der Waals surface area contributed by atoms with Gasteiger partial charge in [0.25, 0.3) is 0 Å². The topological polar surface area (TPSA) is 61.5 Å². The summed E-state index contributed by atoms with van der Waals surface area (Å²) >= 11 is 0. The van der Waals surface area contributed by atoms with Crippen LogP contribution >= 0.6 is 0 Å². The molecule has 2 N–H and O–H groups in total. The van der Waals surface area contributed by atoms with Gasteiger partial charge in [-0.05, 0) is 51.6 Å². The van der Waals surface area contributed by atoms with E-state index in [2.05, 4.69) is 0 Å². The molecule has 1 aromatic carbocycles. The Labute approximate surface area is 146 Å². The van der Waals surface area contributed by atoms with Crippen molar-refractivity contribution in [1.29, 1.82) is 0 Å². The zero-order chi connectivity index (χ0) is 19.0. The monoisotopic (exact) mass is 357 g/mol. The molecule has 138 valence electrons. The second-order valence-corrected chi connectivity index (χ2v) is 7.32. The van der Waals surface area contributed by atoms with E-state index in [4.69, 9.17) is 15.0 Å². The van der Waals surface area contributed by atoms with Gasteiger partial charge in [-0.3, -0.25) is 4.79 Å². The minimum absolute atomic E-state index is 0.0397. The summed E-state index contributed by atoms with van der Waals surface area (Å²) in [6.45, 7) is 7.52. The highest BCUT2D eigenvalue weighted by molar-refractivity contribution is 6.62. The summed E-state index contributed by atoms with van der Waals surface area (Å²) in [6, 6.07) is 3.87. The molecule has 1 amide bonds. The molecule has 25 heavy (non-hydrogen) atoms. The maximum absolute atomic E-state index is 13.2. The van der Waals surface area contributed by atoms with Gasteiger partial charge in [0.05, 0.1) is 16.8 Å². The largest absolute Gasteiger partial charge is 0.494 e. The number of nitrogens with two attached hydrogens (primary N) is 1. The van der Waals surface area contributed by atoms with Crippen LogP contribution in [-0.4, -0.2) is 24.2 Å². The molecule has 2 rings (SSSR count). The predicted octanol–water partition coefficient (Wildman–Crippen LogP) is 2.81. The van der Waals surface area contributed by atoms with E-state index in [0.29, 0.717) is 5.46 Å². The van der Waals surface area contributed by atoms with Crippen LogP contribution in [0.1, 0.15) is 51.7 Å². The van der Waals surface area contributed by atoms with E-state index >= 15 is 0 Å². The summed E-state index contributed by atoms with van der Waals surface area (Å²) in [4.78, 5) is 10.9. The number of primary amides is 1. The number of amides is 1. The molecule has 0 saturated carbocycles. The normalized spacial score (nSPS) is 19.2. The molecular formula is C17H23BF3NO3. The van der Waals surface area contributed by atoms with E-state index in [1.807, 2.05) is 27.7 Å². The first-order chi connectivity index (χ1) is 11.3. The van der Waals surface area contributed by atoms with Crippen LogP contribution in [-0.2, 0) is 26.7 Å². The highest BCUT2D eigenvalue weighted by atomic mass is 19.4. The van der Waals surface area contributed by atoms with Gasteiger partial charge in [-0.25, -0.2) is 0 Å². The molecule has 4 nitrogen and oxygen atoms in total. The molecule has 1 aliphatic rings. The fourth-order valence-corrected chi connectivity index (χ4v) is 2.68. The van der Waals surface area contributed by atoms with Crippen molar-refractivity contribution >= 4 is 18.5 Å². The Bertz CT molecular complexity index is 643. The van der Waals surface area contributed by atoms with E-state index in [1.54, 1.807) is 0 Å². The number of carbonyl (C=O) groups is 1. The summed E-state index contributed by atoms with van der Waals surface area (Å²) in [5, 5.41) is 0. The summed E-state index contributed by atoms with van der Waals surface area (Å²) in [7, 11) is -0.734. The van der Waals surface area contributed by atoms with Crippen LogP contribution in [0.4, 0.5) is 13.2 Å². The molecule has 1 saturated heterocycles. The number of halogens is 3. The number of aryl methyl sites for hydroxylation is 1. The molecule has 0 radical (unpaired) electrons. The Kier molecular flexibility index (Phi) is 5.26. The molecule has 8 heteroatoms. The third-order valence-electron chi connectivity index (χ3n) is 4.83. The van der Waals surface area contributed by atoms with Gasteiger partial charge in [-0.2, -0.15) is 13.2 Å². The SMILES string of the molecule is CC1(C)OB(c2ccc(C(F)(F)F)c(CCCC(N)=O)c2)OC1(C)C. The minimum Gasteiger partial charge on any atom is -0.399 e. The van der Waals surface area contributed by atoms with Gasteiger partial charge < -0.3 is 15.0 Å². The molecule has 1 aliphatic heterocycles. The van der Waals surface area contributed by atoms with E-state index in [0.717, 1.165) is 6.07 Å². The maximum Gasteiger partial charge on any atom is 0.494 e. The van der Waals surface area contributed by atoms with Crippen molar-refractivity contribution in [2.24, 2.45) is 5.73 Å². The second kappa shape index (κ2) is 6.65. The maximum atomic E-state index is 13.2. The number of carbonyl (C=O) groups excluding carboxylic acids is 1. The van der Waals surface area contributed by atoms with E-state index in [9.17, 15) is 18.0 Å². The molecule has 1 fully saturated rings. The fourth-order valence-electron chi connectivity index (χ4n) is 2.68. The first-order valence-electron chi connectivity index (χ1n) is 8.17. The van der Waals surface area contributed by atoms with Gasteiger partial charge in [0, 0.05) is 6.42 Å². The van der Waals surface area contributed by atoms with Gasteiger partial charge in [-0.1, -0.05) is 18.2 Å². The minimum atomic E-state index is -4.46. The highest BCUT2D eigenvalue weighted by Gasteiger charge is 2.51. The van der Waals surface area contributed by atoms with Crippen molar-refractivity contribution in [3.05, 3.63) is 29.3 Å². The van der Waals surface area contributed by atoms with Crippen molar-refractivity contribution in [3.63, 3.8) is 0 Å². The molecule has 0 atom stereocenters. The lowest BCUT2D eigenvalue weighted by Crippen LogP contribution is -2.41. The van der Waals surface area contributed by atoms with Crippen molar-refractivity contribution in [2.45, 2.75) is 64.3 Å². The molecule has 0 aliphatic carbocycles. The lowest BCUT2D eigenvalue weighted by atomic mass is 9.77. The van der Waals surface area contributed by atoms with Crippen LogP contribution in [0, 0.1) is 0 Å². The zero-order valence-corrected chi connectivity index (χ0v) is 14.9. The summed E-state index contributed by atoms with van der Waals surface area (Å²) in [6.07, 6.45) is -4.06. The predicted molar refractivity (Wildman–Crippen MR) is 89.3 cm³/mol. The van der Waals surface area contributed by atoms with Gasteiger partial charge in [-0.15, -0.1) is 0 Å². The van der Waals surface area contributed by atoms with Crippen molar-refractivity contribution < 1.29 is 27.3 Å². The Morgan fingerprint density at radius 3 is 2.20 bits per heavy atom. The number of rotatable bonds is 5. The first kappa shape index (κ1) is 19.8. The van der Waals surface area contributed by atoms with Crippen LogP contribution in [0.5, 0.6) is 0 Å². The molecule has 0 unspecified atom stereocenters. The molecule has 1 heterocycles.